The van der Waals surface area contributed by atoms with Crippen molar-refractivity contribution < 1.29 is 28.2 Å². The van der Waals surface area contributed by atoms with Gasteiger partial charge in [0.1, 0.15) is 0 Å². The number of aliphatic hydroxyl groups excluding tert-OH is 2. The van der Waals surface area contributed by atoms with Gasteiger partial charge in [0.15, 0.2) is 0 Å². The lowest BCUT2D eigenvalue weighted by atomic mass is 9.90. The van der Waals surface area contributed by atoms with E-state index in [2.05, 4.69) is 4.90 Å². The zero-order valence-electron chi connectivity index (χ0n) is 18.2. The van der Waals surface area contributed by atoms with E-state index in [9.17, 15) is 28.2 Å². The Hall–Kier alpha value is -1.84. The average molecular weight is 456 g/mol. The fourth-order valence-corrected chi connectivity index (χ4v) is 5.05. The Kier molecular flexibility index (Phi) is 6.70. The van der Waals surface area contributed by atoms with Crippen molar-refractivity contribution in [3.8, 4) is 0 Å². The highest BCUT2D eigenvalue weighted by Gasteiger charge is 2.51. The number of hydrogen-bond acceptors (Lipinski definition) is 5. The third kappa shape index (κ3) is 5.05. The van der Waals surface area contributed by atoms with Crippen LogP contribution < -0.4 is 4.90 Å². The number of aliphatic hydroxyl groups is 2. The molecule has 1 unspecified atom stereocenters. The predicted octanol–water partition coefficient (Wildman–Crippen LogP) is 2.34. The van der Waals surface area contributed by atoms with E-state index in [4.69, 9.17) is 0 Å². The zero-order chi connectivity index (χ0) is 22.9. The molecule has 178 valence electrons. The molecule has 0 radical (unpaired) electrons. The van der Waals surface area contributed by atoms with E-state index >= 15 is 0 Å². The summed E-state index contributed by atoms with van der Waals surface area (Å²) in [6, 6.07) is 4.72. The molecule has 6 nitrogen and oxygen atoms in total. The first-order chi connectivity index (χ1) is 15.2. The summed E-state index contributed by atoms with van der Waals surface area (Å²) in [4.78, 5) is 18.6. The van der Waals surface area contributed by atoms with E-state index in [0.29, 0.717) is 44.8 Å². The molecule has 1 aromatic carbocycles. The van der Waals surface area contributed by atoms with Gasteiger partial charge in [-0.3, -0.25) is 4.79 Å². The maximum absolute atomic E-state index is 12.8. The molecule has 3 aliphatic rings. The van der Waals surface area contributed by atoms with Crippen LogP contribution >= 0.6 is 0 Å². The van der Waals surface area contributed by atoms with E-state index in [1.807, 2.05) is 4.90 Å². The van der Waals surface area contributed by atoms with Crippen LogP contribution in [0.5, 0.6) is 0 Å². The van der Waals surface area contributed by atoms with Gasteiger partial charge in [0.25, 0.3) is 0 Å². The second kappa shape index (κ2) is 9.19. The molecular formula is C23H32F3N3O3. The number of rotatable bonds is 6. The van der Waals surface area contributed by atoms with E-state index in [1.54, 1.807) is 4.90 Å². The molecular weight excluding hydrogens is 423 g/mol. The topological polar surface area (TPSA) is 67.2 Å². The van der Waals surface area contributed by atoms with Crippen LogP contribution in [-0.4, -0.2) is 83.9 Å². The first kappa shape index (κ1) is 23.3. The molecule has 9 heteroatoms. The number of alkyl halides is 3. The summed E-state index contributed by atoms with van der Waals surface area (Å²) in [6.07, 6.45) is -0.561. The number of halogens is 3. The van der Waals surface area contributed by atoms with Crippen molar-refractivity contribution in [1.29, 1.82) is 0 Å². The molecule has 1 aliphatic carbocycles. The third-order valence-corrected chi connectivity index (χ3v) is 7.47. The minimum Gasteiger partial charge on any atom is -0.394 e. The number of β-amino-alcohol motifs (C(OH)–C–C–N with tert-alkyl or cyclic N) is 1. The summed E-state index contributed by atoms with van der Waals surface area (Å²) >= 11 is 0. The van der Waals surface area contributed by atoms with Crippen LogP contribution in [0.1, 0.15) is 37.7 Å². The molecule has 2 aliphatic heterocycles. The van der Waals surface area contributed by atoms with Crippen LogP contribution in [0.3, 0.4) is 0 Å². The van der Waals surface area contributed by atoms with Crippen molar-refractivity contribution in [2.24, 2.45) is 5.41 Å². The van der Waals surface area contributed by atoms with Crippen LogP contribution in [0, 0.1) is 5.41 Å². The molecule has 4 rings (SSSR count). The SMILES string of the molecule is O=C1CCN(c2ccc(C(F)(F)F)cc2)CCN1[C@H](CO)CCN1CCC2(CC2)C(O)C1. The lowest BCUT2D eigenvalue weighted by Crippen LogP contribution is -2.48. The summed E-state index contributed by atoms with van der Waals surface area (Å²) in [7, 11) is 0. The maximum atomic E-state index is 12.8. The second-order valence-corrected chi connectivity index (χ2v) is 9.42. The number of hydrogen-bond donors (Lipinski definition) is 2. The van der Waals surface area contributed by atoms with Crippen LogP contribution in [0.15, 0.2) is 24.3 Å². The Bertz CT molecular complexity index is 798. The van der Waals surface area contributed by atoms with Crippen molar-refractivity contribution in [3.05, 3.63) is 29.8 Å². The number of nitrogens with zero attached hydrogens (tertiary/aromatic N) is 3. The lowest BCUT2D eigenvalue weighted by molar-refractivity contribution is -0.137. The normalized spacial score (nSPS) is 25.2. The van der Waals surface area contributed by atoms with Crippen molar-refractivity contribution in [1.82, 2.24) is 9.80 Å². The number of piperidine rings is 1. The minimum absolute atomic E-state index is 0.0472. The molecule has 1 saturated carbocycles. The summed E-state index contributed by atoms with van der Waals surface area (Å²) < 4.78 is 38.5. The van der Waals surface area contributed by atoms with Gasteiger partial charge in [0.2, 0.25) is 5.91 Å². The van der Waals surface area contributed by atoms with Crippen molar-refractivity contribution in [2.45, 2.75) is 50.4 Å². The van der Waals surface area contributed by atoms with Gasteiger partial charge in [0.05, 0.1) is 24.3 Å². The Morgan fingerprint density at radius 2 is 1.78 bits per heavy atom. The first-order valence-electron chi connectivity index (χ1n) is 11.4. The number of likely N-dealkylation sites (tertiary alicyclic amines) is 1. The second-order valence-electron chi connectivity index (χ2n) is 9.42. The van der Waals surface area contributed by atoms with Crippen LogP contribution in [0.25, 0.3) is 0 Å². The third-order valence-electron chi connectivity index (χ3n) is 7.47. The van der Waals surface area contributed by atoms with Crippen molar-refractivity contribution in [2.75, 3.05) is 50.8 Å². The van der Waals surface area contributed by atoms with E-state index in [0.717, 1.165) is 37.9 Å². The maximum Gasteiger partial charge on any atom is 0.416 e. The van der Waals surface area contributed by atoms with Crippen LogP contribution in [0.2, 0.25) is 0 Å². The number of anilines is 1. The monoisotopic (exact) mass is 455 g/mol. The van der Waals surface area contributed by atoms with Gasteiger partial charge in [-0.05, 0) is 61.9 Å². The van der Waals surface area contributed by atoms with Gasteiger partial charge in [-0.2, -0.15) is 13.2 Å². The Morgan fingerprint density at radius 1 is 1.06 bits per heavy atom. The van der Waals surface area contributed by atoms with Gasteiger partial charge in [-0.25, -0.2) is 0 Å². The Morgan fingerprint density at radius 3 is 2.38 bits per heavy atom. The van der Waals surface area contributed by atoms with Gasteiger partial charge < -0.3 is 24.9 Å². The van der Waals surface area contributed by atoms with Crippen LogP contribution in [-0.2, 0) is 11.0 Å². The molecule has 2 heterocycles. The smallest absolute Gasteiger partial charge is 0.394 e. The van der Waals surface area contributed by atoms with Gasteiger partial charge in [-0.15, -0.1) is 0 Å². The molecule has 2 atom stereocenters. The van der Waals surface area contributed by atoms with Crippen molar-refractivity contribution >= 4 is 11.6 Å². The number of benzene rings is 1. The molecule has 32 heavy (non-hydrogen) atoms. The molecule has 1 amide bonds. The first-order valence-corrected chi connectivity index (χ1v) is 11.4. The van der Waals surface area contributed by atoms with E-state index in [-0.39, 0.29) is 36.5 Å². The number of carbonyl (C=O) groups is 1. The summed E-state index contributed by atoms with van der Waals surface area (Å²) in [5, 5.41) is 20.4. The summed E-state index contributed by atoms with van der Waals surface area (Å²) in [6.45, 7) is 3.50. The van der Waals surface area contributed by atoms with Crippen molar-refractivity contribution in [3.63, 3.8) is 0 Å². The Labute approximate surface area is 186 Å². The fourth-order valence-electron chi connectivity index (χ4n) is 5.05. The quantitative estimate of drug-likeness (QED) is 0.690. The molecule has 0 bridgehead atoms. The van der Waals surface area contributed by atoms with E-state index in [1.165, 1.54) is 12.1 Å². The lowest BCUT2D eigenvalue weighted by Gasteiger charge is -2.38. The molecule has 1 spiro atoms. The summed E-state index contributed by atoms with van der Waals surface area (Å²) in [5.74, 6) is -0.0472. The fraction of sp³-hybridized carbons (Fsp3) is 0.696. The highest BCUT2D eigenvalue weighted by molar-refractivity contribution is 5.78. The van der Waals surface area contributed by atoms with E-state index < -0.39 is 11.7 Å². The molecule has 2 saturated heterocycles. The standard InChI is InChI=1S/C23H32F3N3O3/c24-23(25,26)17-1-3-18(4-2-17)28-11-6-21(32)29(14-13-28)19(16-30)5-10-27-12-9-22(7-8-22)20(31)15-27/h1-4,19-20,30-31H,5-16H2/t19-,20?/m0/s1. The van der Waals surface area contributed by atoms with Crippen LogP contribution in [0.4, 0.5) is 18.9 Å². The number of carbonyl (C=O) groups excluding carboxylic acids is 1. The largest absolute Gasteiger partial charge is 0.416 e. The number of amides is 1. The van der Waals surface area contributed by atoms with Gasteiger partial charge in [0, 0.05) is 44.8 Å². The van der Waals surface area contributed by atoms with Gasteiger partial charge in [-0.1, -0.05) is 0 Å². The molecule has 2 N–H and O–H groups in total. The highest BCUT2D eigenvalue weighted by atomic mass is 19.4. The highest BCUT2D eigenvalue weighted by Crippen LogP contribution is 2.53. The Balaban J connectivity index is 1.32. The summed E-state index contributed by atoms with van der Waals surface area (Å²) in [5.41, 5.74) is 0.115. The molecule has 3 fully saturated rings. The zero-order valence-corrected chi connectivity index (χ0v) is 18.2. The van der Waals surface area contributed by atoms with Gasteiger partial charge >= 0.3 is 6.18 Å². The molecule has 0 aromatic heterocycles. The average Bonchev–Trinajstić information content (AvgIpc) is 3.57. The minimum atomic E-state index is -4.37. The predicted molar refractivity (Wildman–Crippen MR) is 114 cm³/mol. The molecule has 1 aromatic rings.